The molecule has 27 heavy (non-hydrogen) atoms. The molecule has 1 heterocycles. The molecular formula is C23H30Cl2N2. The molecule has 2 aromatic carbocycles. The monoisotopic (exact) mass is 404 g/mol. The predicted molar refractivity (Wildman–Crippen MR) is 117 cm³/mol. The SMILES string of the molecule is CC(N)C(CCN1CCC(Cc2ccccc2)CC1)c1ccc(Cl)c(Cl)c1. The smallest absolute Gasteiger partial charge is 0.0595 e. The molecule has 0 amide bonds. The molecule has 0 aromatic heterocycles. The van der Waals surface area contributed by atoms with E-state index in [1.165, 1.54) is 43.5 Å². The minimum Gasteiger partial charge on any atom is -0.327 e. The lowest BCUT2D eigenvalue weighted by Crippen LogP contribution is -2.37. The van der Waals surface area contributed by atoms with Crippen molar-refractivity contribution in [2.75, 3.05) is 19.6 Å². The highest BCUT2D eigenvalue weighted by Gasteiger charge is 2.22. The Morgan fingerprint density at radius 3 is 2.37 bits per heavy atom. The molecule has 1 aliphatic rings. The van der Waals surface area contributed by atoms with Crippen LogP contribution in [0.5, 0.6) is 0 Å². The van der Waals surface area contributed by atoms with Gasteiger partial charge in [-0.1, -0.05) is 59.6 Å². The number of hydrogen-bond donors (Lipinski definition) is 1. The van der Waals surface area contributed by atoms with Crippen molar-refractivity contribution in [2.24, 2.45) is 11.7 Å². The van der Waals surface area contributed by atoms with Gasteiger partial charge in [-0.15, -0.1) is 0 Å². The lowest BCUT2D eigenvalue weighted by molar-refractivity contribution is 0.177. The average molecular weight is 405 g/mol. The lowest BCUT2D eigenvalue weighted by Gasteiger charge is -2.33. The molecule has 2 unspecified atom stereocenters. The first-order chi connectivity index (χ1) is 13.0. The van der Waals surface area contributed by atoms with Crippen LogP contribution in [0.15, 0.2) is 48.5 Å². The largest absolute Gasteiger partial charge is 0.327 e. The Bertz CT molecular complexity index is 710. The van der Waals surface area contributed by atoms with E-state index in [1.807, 2.05) is 12.1 Å². The van der Waals surface area contributed by atoms with Crippen molar-refractivity contribution < 1.29 is 0 Å². The third-order valence-electron chi connectivity index (χ3n) is 5.84. The van der Waals surface area contributed by atoms with Gasteiger partial charge in [-0.3, -0.25) is 0 Å². The Hall–Kier alpha value is -1.06. The summed E-state index contributed by atoms with van der Waals surface area (Å²) in [7, 11) is 0. The van der Waals surface area contributed by atoms with Gasteiger partial charge >= 0.3 is 0 Å². The van der Waals surface area contributed by atoms with E-state index in [-0.39, 0.29) is 6.04 Å². The first-order valence-electron chi connectivity index (χ1n) is 9.99. The van der Waals surface area contributed by atoms with Crippen LogP contribution in [0.2, 0.25) is 10.0 Å². The van der Waals surface area contributed by atoms with Crippen molar-refractivity contribution >= 4 is 23.2 Å². The van der Waals surface area contributed by atoms with Crippen molar-refractivity contribution in [1.29, 1.82) is 0 Å². The molecule has 1 fully saturated rings. The third-order valence-corrected chi connectivity index (χ3v) is 6.58. The summed E-state index contributed by atoms with van der Waals surface area (Å²) in [4.78, 5) is 2.59. The van der Waals surface area contributed by atoms with E-state index in [0.717, 1.165) is 18.9 Å². The van der Waals surface area contributed by atoms with Gasteiger partial charge in [-0.25, -0.2) is 0 Å². The second-order valence-corrected chi connectivity index (χ2v) is 8.72. The van der Waals surface area contributed by atoms with Crippen LogP contribution in [-0.2, 0) is 6.42 Å². The molecule has 0 spiro atoms. The zero-order valence-corrected chi connectivity index (χ0v) is 17.6. The van der Waals surface area contributed by atoms with E-state index >= 15 is 0 Å². The average Bonchev–Trinajstić information content (AvgIpc) is 2.66. The maximum absolute atomic E-state index is 6.29. The van der Waals surface area contributed by atoms with Crippen LogP contribution in [0.4, 0.5) is 0 Å². The van der Waals surface area contributed by atoms with Crippen LogP contribution in [-0.4, -0.2) is 30.6 Å². The molecule has 0 saturated carbocycles. The molecule has 2 atom stereocenters. The zero-order valence-electron chi connectivity index (χ0n) is 16.1. The van der Waals surface area contributed by atoms with Crippen molar-refractivity contribution in [3.63, 3.8) is 0 Å². The van der Waals surface area contributed by atoms with Crippen LogP contribution in [0.3, 0.4) is 0 Å². The minimum atomic E-state index is 0.0952. The van der Waals surface area contributed by atoms with Gasteiger partial charge in [0.15, 0.2) is 0 Å². The first-order valence-corrected chi connectivity index (χ1v) is 10.8. The van der Waals surface area contributed by atoms with E-state index < -0.39 is 0 Å². The molecule has 3 rings (SSSR count). The summed E-state index contributed by atoms with van der Waals surface area (Å²) in [5.41, 5.74) is 8.94. The Kier molecular flexibility index (Phi) is 7.60. The molecule has 2 N–H and O–H groups in total. The molecule has 0 bridgehead atoms. The number of nitrogens with zero attached hydrogens (tertiary/aromatic N) is 1. The summed E-state index contributed by atoms with van der Waals surface area (Å²) in [5, 5.41) is 1.21. The van der Waals surface area contributed by atoms with Crippen molar-refractivity contribution in [3.8, 4) is 0 Å². The highest BCUT2D eigenvalue weighted by molar-refractivity contribution is 6.42. The zero-order chi connectivity index (χ0) is 19.2. The second-order valence-electron chi connectivity index (χ2n) is 7.90. The molecule has 2 nitrogen and oxygen atoms in total. The fourth-order valence-corrected chi connectivity index (χ4v) is 4.47. The maximum Gasteiger partial charge on any atom is 0.0595 e. The van der Waals surface area contributed by atoms with Crippen LogP contribution in [0, 0.1) is 5.92 Å². The molecule has 146 valence electrons. The number of hydrogen-bond acceptors (Lipinski definition) is 2. The van der Waals surface area contributed by atoms with E-state index in [4.69, 9.17) is 28.9 Å². The van der Waals surface area contributed by atoms with Crippen molar-refractivity contribution in [2.45, 2.75) is 44.6 Å². The summed E-state index contributed by atoms with van der Waals surface area (Å²) in [6.07, 6.45) is 4.83. The van der Waals surface area contributed by atoms with Crippen LogP contribution in [0.1, 0.15) is 43.2 Å². The van der Waals surface area contributed by atoms with Gasteiger partial charge in [0.2, 0.25) is 0 Å². The predicted octanol–water partition coefficient (Wildman–Crippen LogP) is 5.77. The normalized spacial score (nSPS) is 18.4. The van der Waals surface area contributed by atoms with E-state index in [0.29, 0.717) is 16.0 Å². The Labute approximate surface area is 173 Å². The van der Waals surface area contributed by atoms with Gasteiger partial charge in [0.1, 0.15) is 0 Å². The summed E-state index contributed by atoms with van der Waals surface area (Å²) in [6, 6.07) is 16.9. The lowest BCUT2D eigenvalue weighted by atomic mass is 9.88. The van der Waals surface area contributed by atoms with Crippen LogP contribution in [0.25, 0.3) is 0 Å². The van der Waals surface area contributed by atoms with Gasteiger partial charge in [-0.2, -0.15) is 0 Å². The number of rotatable bonds is 7. The number of benzene rings is 2. The summed E-state index contributed by atoms with van der Waals surface area (Å²) in [5.74, 6) is 1.12. The van der Waals surface area contributed by atoms with Gasteiger partial charge in [0, 0.05) is 6.04 Å². The maximum atomic E-state index is 6.29. The number of nitrogens with two attached hydrogens (primary N) is 1. The van der Waals surface area contributed by atoms with Crippen LogP contribution >= 0.6 is 23.2 Å². The molecule has 2 aromatic rings. The van der Waals surface area contributed by atoms with Crippen LogP contribution < -0.4 is 5.73 Å². The summed E-state index contributed by atoms with van der Waals surface area (Å²) < 4.78 is 0. The molecule has 1 aliphatic heterocycles. The topological polar surface area (TPSA) is 29.3 Å². The highest BCUT2D eigenvalue weighted by Crippen LogP contribution is 2.30. The fraction of sp³-hybridized carbons (Fsp3) is 0.478. The summed E-state index contributed by atoms with van der Waals surface area (Å²) in [6.45, 7) is 5.54. The summed E-state index contributed by atoms with van der Waals surface area (Å²) >= 11 is 12.3. The quantitative estimate of drug-likeness (QED) is 0.634. The second kappa shape index (κ2) is 9.93. The molecule has 0 radical (unpaired) electrons. The number of halogens is 2. The van der Waals surface area contributed by atoms with Gasteiger partial charge in [0.25, 0.3) is 0 Å². The third kappa shape index (κ3) is 5.96. The first kappa shape index (κ1) is 20.7. The van der Waals surface area contributed by atoms with Crippen molar-refractivity contribution in [1.82, 2.24) is 4.90 Å². The molecule has 1 saturated heterocycles. The highest BCUT2D eigenvalue weighted by atomic mass is 35.5. The number of piperidine rings is 1. The standard InChI is InChI=1S/C23H30Cl2N2/c1-17(26)21(20-7-8-22(24)23(25)16-20)11-14-27-12-9-19(10-13-27)15-18-5-3-2-4-6-18/h2-8,16-17,19,21H,9-15,26H2,1H3. The number of likely N-dealkylation sites (tertiary alicyclic amines) is 1. The molecular weight excluding hydrogens is 375 g/mol. The van der Waals surface area contributed by atoms with Gasteiger partial charge < -0.3 is 10.6 Å². The van der Waals surface area contributed by atoms with E-state index in [1.54, 1.807) is 0 Å². The van der Waals surface area contributed by atoms with Crippen molar-refractivity contribution in [3.05, 3.63) is 69.7 Å². The molecule has 0 aliphatic carbocycles. The molecule has 4 heteroatoms. The van der Waals surface area contributed by atoms with E-state index in [2.05, 4.69) is 48.2 Å². The Balaban J connectivity index is 1.49. The Morgan fingerprint density at radius 2 is 1.74 bits per heavy atom. The van der Waals surface area contributed by atoms with E-state index in [9.17, 15) is 0 Å². The van der Waals surface area contributed by atoms with Gasteiger partial charge in [-0.05, 0) is 87.3 Å². The fourth-order valence-electron chi connectivity index (χ4n) is 4.16. The minimum absolute atomic E-state index is 0.0952. The van der Waals surface area contributed by atoms with Gasteiger partial charge in [0.05, 0.1) is 10.0 Å². The Morgan fingerprint density at radius 1 is 1.04 bits per heavy atom.